The summed E-state index contributed by atoms with van der Waals surface area (Å²) in [6.45, 7) is 5.32. The lowest BCUT2D eigenvalue weighted by molar-refractivity contribution is 0.0956. The number of hydrogen-bond donors (Lipinski definition) is 2. The minimum absolute atomic E-state index is 0.0284. The number of carbonyl (C=O) groups excluding carboxylic acids is 1. The smallest absolute Gasteiger partial charge is 0.251 e. The standard InChI is InChI=1S/C23H30N4O/c1-3-25-22(28)21-11-9-19(10-12-21)16-26-23(24-2)27-14-13-20(17-27)15-18-7-5-4-6-8-18/h4-12,20H,3,13-17H2,1-2H3,(H,24,26)(H,25,28). The Balaban J connectivity index is 1.50. The van der Waals surface area contributed by atoms with Gasteiger partial charge >= 0.3 is 0 Å². The van der Waals surface area contributed by atoms with Crippen LogP contribution in [-0.4, -0.2) is 43.4 Å². The Kier molecular flexibility index (Phi) is 7.06. The van der Waals surface area contributed by atoms with Crippen molar-refractivity contribution >= 4 is 11.9 Å². The van der Waals surface area contributed by atoms with Gasteiger partial charge in [-0.1, -0.05) is 42.5 Å². The average Bonchev–Trinajstić information content (AvgIpc) is 3.18. The molecular weight excluding hydrogens is 348 g/mol. The first-order valence-corrected chi connectivity index (χ1v) is 10.1. The van der Waals surface area contributed by atoms with Gasteiger partial charge in [-0.25, -0.2) is 0 Å². The molecule has 1 aliphatic rings. The van der Waals surface area contributed by atoms with E-state index in [1.165, 1.54) is 12.0 Å². The Hall–Kier alpha value is -2.82. The summed E-state index contributed by atoms with van der Waals surface area (Å²) >= 11 is 0. The minimum Gasteiger partial charge on any atom is -0.352 e. The zero-order chi connectivity index (χ0) is 19.8. The van der Waals surface area contributed by atoms with E-state index in [1.807, 2.05) is 38.2 Å². The van der Waals surface area contributed by atoms with E-state index in [1.54, 1.807) is 0 Å². The predicted molar refractivity (Wildman–Crippen MR) is 114 cm³/mol. The third-order valence-corrected chi connectivity index (χ3v) is 5.17. The SMILES string of the molecule is CCNC(=O)c1ccc(CNC(=NC)N2CCC(Cc3ccccc3)C2)cc1. The molecule has 0 saturated carbocycles. The van der Waals surface area contributed by atoms with Crippen molar-refractivity contribution in [1.82, 2.24) is 15.5 Å². The highest BCUT2D eigenvalue weighted by Crippen LogP contribution is 2.21. The summed E-state index contributed by atoms with van der Waals surface area (Å²) in [6, 6.07) is 18.4. The van der Waals surface area contributed by atoms with Gasteiger partial charge in [-0.05, 0) is 48.9 Å². The number of carbonyl (C=O) groups is 1. The van der Waals surface area contributed by atoms with E-state index < -0.39 is 0 Å². The number of likely N-dealkylation sites (tertiary alicyclic amines) is 1. The number of guanidine groups is 1. The Labute approximate surface area is 167 Å². The zero-order valence-corrected chi connectivity index (χ0v) is 16.8. The topological polar surface area (TPSA) is 56.7 Å². The summed E-state index contributed by atoms with van der Waals surface area (Å²) < 4.78 is 0. The maximum absolute atomic E-state index is 11.9. The van der Waals surface area contributed by atoms with E-state index in [2.05, 4.69) is 50.9 Å². The van der Waals surface area contributed by atoms with Crippen molar-refractivity contribution in [2.75, 3.05) is 26.7 Å². The number of nitrogens with zero attached hydrogens (tertiary/aromatic N) is 2. The molecule has 0 radical (unpaired) electrons. The lowest BCUT2D eigenvalue weighted by atomic mass is 9.99. The van der Waals surface area contributed by atoms with Crippen LogP contribution < -0.4 is 10.6 Å². The molecule has 1 heterocycles. The van der Waals surface area contributed by atoms with Gasteiger partial charge in [-0.3, -0.25) is 9.79 Å². The van der Waals surface area contributed by atoms with Crippen LogP contribution in [-0.2, 0) is 13.0 Å². The monoisotopic (exact) mass is 378 g/mol. The van der Waals surface area contributed by atoms with Crippen LogP contribution in [0.1, 0.15) is 34.8 Å². The van der Waals surface area contributed by atoms with Crippen LogP contribution in [0.5, 0.6) is 0 Å². The minimum atomic E-state index is -0.0284. The number of hydrogen-bond acceptors (Lipinski definition) is 2. The summed E-state index contributed by atoms with van der Waals surface area (Å²) in [6.07, 6.45) is 2.31. The summed E-state index contributed by atoms with van der Waals surface area (Å²) in [4.78, 5) is 18.7. The highest BCUT2D eigenvalue weighted by atomic mass is 16.1. The first-order chi connectivity index (χ1) is 13.7. The summed E-state index contributed by atoms with van der Waals surface area (Å²) in [5.74, 6) is 1.58. The second-order valence-electron chi connectivity index (χ2n) is 7.25. The summed E-state index contributed by atoms with van der Waals surface area (Å²) in [5, 5.41) is 6.28. The van der Waals surface area contributed by atoms with Gasteiger partial charge in [0, 0.05) is 38.8 Å². The predicted octanol–water partition coefficient (Wildman–Crippen LogP) is 3.08. The molecule has 0 aliphatic carbocycles. The van der Waals surface area contributed by atoms with Crippen molar-refractivity contribution in [3.8, 4) is 0 Å². The lowest BCUT2D eigenvalue weighted by Gasteiger charge is -2.22. The van der Waals surface area contributed by atoms with Crippen molar-refractivity contribution in [2.45, 2.75) is 26.3 Å². The molecule has 2 N–H and O–H groups in total. The van der Waals surface area contributed by atoms with Gasteiger partial charge in [0.25, 0.3) is 5.91 Å². The third-order valence-electron chi connectivity index (χ3n) is 5.17. The van der Waals surface area contributed by atoms with Crippen LogP contribution in [0.25, 0.3) is 0 Å². The average molecular weight is 379 g/mol. The number of rotatable bonds is 6. The van der Waals surface area contributed by atoms with Crippen molar-refractivity contribution in [1.29, 1.82) is 0 Å². The van der Waals surface area contributed by atoms with E-state index in [9.17, 15) is 4.79 Å². The van der Waals surface area contributed by atoms with Crippen LogP contribution in [0.3, 0.4) is 0 Å². The fourth-order valence-corrected chi connectivity index (χ4v) is 3.69. The first kappa shape index (κ1) is 19.9. The number of amides is 1. The van der Waals surface area contributed by atoms with Gasteiger partial charge in [-0.2, -0.15) is 0 Å². The fourth-order valence-electron chi connectivity index (χ4n) is 3.69. The molecule has 1 aliphatic heterocycles. The first-order valence-electron chi connectivity index (χ1n) is 10.1. The Morgan fingerprint density at radius 3 is 2.50 bits per heavy atom. The Bertz CT molecular complexity index is 786. The molecule has 2 aromatic carbocycles. The fraction of sp³-hybridized carbons (Fsp3) is 0.391. The highest BCUT2D eigenvalue weighted by Gasteiger charge is 2.24. The Morgan fingerprint density at radius 2 is 1.82 bits per heavy atom. The molecule has 0 spiro atoms. The van der Waals surface area contributed by atoms with Gasteiger partial charge in [0.15, 0.2) is 5.96 Å². The van der Waals surface area contributed by atoms with Gasteiger partial charge in [0.1, 0.15) is 0 Å². The summed E-state index contributed by atoms with van der Waals surface area (Å²) in [5.41, 5.74) is 3.23. The molecule has 3 rings (SSSR count). The summed E-state index contributed by atoms with van der Waals surface area (Å²) in [7, 11) is 1.84. The highest BCUT2D eigenvalue weighted by molar-refractivity contribution is 5.94. The quantitative estimate of drug-likeness (QED) is 0.600. The van der Waals surface area contributed by atoms with Crippen molar-refractivity contribution < 1.29 is 4.79 Å². The molecule has 5 heteroatoms. The normalized spacial score (nSPS) is 16.9. The lowest BCUT2D eigenvalue weighted by Crippen LogP contribution is -2.39. The van der Waals surface area contributed by atoms with Crippen molar-refractivity contribution in [2.24, 2.45) is 10.9 Å². The molecule has 148 valence electrons. The maximum atomic E-state index is 11.9. The number of aliphatic imine (C=N–C) groups is 1. The van der Waals surface area contributed by atoms with E-state index in [4.69, 9.17) is 0 Å². The van der Waals surface area contributed by atoms with Crippen LogP contribution in [0.4, 0.5) is 0 Å². The van der Waals surface area contributed by atoms with E-state index in [-0.39, 0.29) is 5.91 Å². The van der Waals surface area contributed by atoms with Gasteiger partial charge in [-0.15, -0.1) is 0 Å². The molecule has 1 saturated heterocycles. The van der Waals surface area contributed by atoms with Crippen LogP contribution in [0, 0.1) is 5.92 Å². The number of benzene rings is 2. The molecule has 0 aromatic heterocycles. The molecule has 28 heavy (non-hydrogen) atoms. The van der Waals surface area contributed by atoms with Crippen molar-refractivity contribution in [3.63, 3.8) is 0 Å². The number of nitrogens with one attached hydrogen (secondary N) is 2. The third kappa shape index (κ3) is 5.35. The maximum Gasteiger partial charge on any atom is 0.251 e. The molecule has 5 nitrogen and oxygen atoms in total. The van der Waals surface area contributed by atoms with Crippen LogP contribution in [0.2, 0.25) is 0 Å². The molecule has 1 fully saturated rings. The second-order valence-corrected chi connectivity index (χ2v) is 7.25. The van der Waals surface area contributed by atoms with Crippen LogP contribution in [0.15, 0.2) is 59.6 Å². The van der Waals surface area contributed by atoms with Gasteiger partial charge in [0.05, 0.1) is 0 Å². The van der Waals surface area contributed by atoms with E-state index in [0.29, 0.717) is 24.6 Å². The molecule has 1 atom stereocenters. The largest absolute Gasteiger partial charge is 0.352 e. The zero-order valence-electron chi connectivity index (χ0n) is 16.8. The second kappa shape index (κ2) is 9.93. The molecular formula is C23H30N4O. The van der Waals surface area contributed by atoms with Gasteiger partial charge < -0.3 is 15.5 Å². The van der Waals surface area contributed by atoms with Crippen molar-refractivity contribution in [3.05, 3.63) is 71.3 Å². The molecule has 1 amide bonds. The van der Waals surface area contributed by atoms with E-state index >= 15 is 0 Å². The van der Waals surface area contributed by atoms with E-state index in [0.717, 1.165) is 31.0 Å². The van der Waals surface area contributed by atoms with Crippen LogP contribution >= 0.6 is 0 Å². The molecule has 2 aromatic rings. The molecule has 1 unspecified atom stereocenters. The molecule has 0 bridgehead atoms. The van der Waals surface area contributed by atoms with Gasteiger partial charge in [0.2, 0.25) is 0 Å². The Morgan fingerprint density at radius 1 is 1.07 bits per heavy atom.